The lowest BCUT2D eigenvalue weighted by molar-refractivity contribution is -0.167. The van der Waals surface area contributed by atoms with Gasteiger partial charge in [0.1, 0.15) is 6.04 Å². The second-order valence-corrected chi connectivity index (χ2v) is 9.06. The lowest BCUT2D eigenvalue weighted by atomic mass is 9.98. The Labute approximate surface area is 190 Å². The number of carbonyl (C=O) groups is 3. The minimum atomic E-state index is -4.83. The number of primary amides is 1. The summed E-state index contributed by atoms with van der Waals surface area (Å²) in [5.74, 6) is -3.02. The van der Waals surface area contributed by atoms with E-state index < -0.39 is 29.7 Å². The summed E-state index contributed by atoms with van der Waals surface area (Å²) >= 11 is 0.867. The molecular formula is C22H30F3N3O3S. The number of rotatable bonds is 11. The number of hydrogen-bond acceptors (Lipinski definition) is 5. The first-order valence-electron chi connectivity index (χ1n) is 10.6. The van der Waals surface area contributed by atoms with Gasteiger partial charge in [0.05, 0.1) is 5.75 Å². The van der Waals surface area contributed by atoms with Crippen LogP contribution in [0.5, 0.6) is 0 Å². The van der Waals surface area contributed by atoms with Crippen molar-refractivity contribution in [3.8, 4) is 0 Å². The standard InChI is InChI=1S/C22H30F3N3O3S/c1-16(29)28(18-9-11-27(12-10-18)14-17-6-3-2-4-7-17)19(21(26)31)8-5-13-32-15-20(30)22(23,24)25/h2-4,6-7,18-19H,5,8-15H2,1H3,(H2,26,31)/t19-/m0/s1. The summed E-state index contributed by atoms with van der Waals surface area (Å²) in [6, 6.07) is 9.17. The number of Topliss-reactive ketones (excluding diaryl/α,β-unsaturated/α-hetero) is 1. The van der Waals surface area contributed by atoms with Gasteiger partial charge >= 0.3 is 6.18 Å². The molecule has 1 aliphatic heterocycles. The minimum Gasteiger partial charge on any atom is -0.368 e. The van der Waals surface area contributed by atoms with Crippen LogP contribution in [0.25, 0.3) is 0 Å². The molecule has 0 aliphatic carbocycles. The molecule has 178 valence electrons. The van der Waals surface area contributed by atoms with Gasteiger partial charge in [-0.1, -0.05) is 30.3 Å². The van der Waals surface area contributed by atoms with Crippen molar-refractivity contribution in [2.45, 2.75) is 57.4 Å². The molecule has 1 atom stereocenters. The van der Waals surface area contributed by atoms with E-state index in [0.717, 1.165) is 31.4 Å². The zero-order valence-electron chi connectivity index (χ0n) is 18.1. The summed E-state index contributed by atoms with van der Waals surface area (Å²) in [4.78, 5) is 39.3. The predicted molar refractivity (Wildman–Crippen MR) is 118 cm³/mol. The highest BCUT2D eigenvalue weighted by atomic mass is 32.2. The zero-order chi connectivity index (χ0) is 23.7. The van der Waals surface area contributed by atoms with Crippen molar-refractivity contribution in [2.24, 2.45) is 5.73 Å². The number of piperidine rings is 1. The smallest absolute Gasteiger partial charge is 0.368 e. The molecule has 6 nitrogen and oxygen atoms in total. The van der Waals surface area contributed by atoms with Gasteiger partial charge in [-0.25, -0.2) is 0 Å². The molecule has 0 unspecified atom stereocenters. The SMILES string of the molecule is CC(=O)N(C1CCN(Cc2ccccc2)CC1)[C@@H](CCCSCC(=O)C(F)(F)F)C(N)=O. The van der Waals surface area contributed by atoms with E-state index in [1.807, 2.05) is 18.2 Å². The highest BCUT2D eigenvalue weighted by Gasteiger charge is 2.37. The summed E-state index contributed by atoms with van der Waals surface area (Å²) in [7, 11) is 0. The Morgan fingerprint density at radius 1 is 1.19 bits per heavy atom. The van der Waals surface area contributed by atoms with Crippen molar-refractivity contribution < 1.29 is 27.6 Å². The normalized spacial score (nSPS) is 16.5. The van der Waals surface area contributed by atoms with Crippen LogP contribution in [0.1, 0.15) is 38.2 Å². The number of likely N-dealkylation sites (tertiary alicyclic amines) is 1. The van der Waals surface area contributed by atoms with Crippen molar-refractivity contribution in [1.82, 2.24) is 9.80 Å². The molecule has 10 heteroatoms. The van der Waals surface area contributed by atoms with E-state index in [2.05, 4.69) is 17.0 Å². The predicted octanol–water partition coefficient (Wildman–Crippen LogP) is 3.00. The molecule has 1 aromatic rings. The van der Waals surface area contributed by atoms with Crippen LogP contribution in [-0.4, -0.2) is 70.3 Å². The first-order chi connectivity index (χ1) is 15.1. The number of alkyl halides is 3. The van der Waals surface area contributed by atoms with E-state index in [0.29, 0.717) is 19.3 Å². The number of hydrogen-bond donors (Lipinski definition) is 1. The molecular weight excluding hydrogens is 443 g/mol. The van der Waals surface area contributed by atoms with Gasteiger partial charge in [-0.2, -0.15) is 24.9 Å². The van der Waals surface area contributed by atoms with Crippen molar-refractivity contribution in [3.05, 3.63) is 35.9 Å². The molecule has 2 amide bonds. The second-order valence-electron chi connectivity index (χ2n) is 7.95. The van der Waals surface area contributed by atoms with Gasteiger partial charge in [-0.05, 0) is 37.0 Å². The van der Waals surface area contributed by atoms with Gasteiger partial charge in [-0.3, -0.25) is 19.3 Å². The number of amides is 2. The molecule has 1 heterocycles. The number of nitrogens with zero attached hydrogens (tertiary/aromatic N) is 2. The fourth-order valence-electron chi connectivity index (χ4n) is 3.97. The average molecular weight is 474 g/mol. The molecule has 0 spiro atoms. The van der Waals surface area contributed by atoms with Crippen LogP contribution in [0.3, 0.4) is 0 Å². The van der Waals surface area contributed by atoms with E-state index >= 15 is 0 Å². The highest BCUT2D eigenvalue weighted by molar-refractivity contribution is 7.99. The van der Waals surface area contributed by atoms with E-state index in [1.54, 1.807) is 4.90 Å². The van der Waals surface area contributed by atoms with E-state index in [9.17, 15) is 27.6 Å². The summed E-state index contributed by atoms with van der Waals surface area (Å²) in [5.41, 5.74) is 6.79. The van der Waals surface area contributed by atoms with Crippen molar-refractivity contribution in [3.63, 3.8) is 0 Å². The molecule has 2 N–H and O–H groups in total. The summed E-state index contributed by atoms with van der Waals surface area (Å²) < 4.78 is 36.8. The topological polar surface area (TPSA) is 83.7 Å². The van der Waals surface area contributed by atoms with E-state index in [1.165, 1.54) is 12.5 Å². The van der Waals surface area contributed by atoms with Crippen LogP contribution in [-0.2, 0) is 20.9 Å². The maximum Gasteiger partial charge on any atom is 0.450 e. The minimum absolute atomic E-state index is 0.114. The molecule has 0 saturated carbocycles. The van der Waals surface area contributed by atoms with Gasteiger partial charge in [0.15, 0.2) is 0 Å². The maximum absolute atomic E-state index is 12.4. The summed E-state index contributed by atoms with van der Waals surface area (Å²) in [6.07, 6.45) is -2.77. The van der Waals surface area contributed by atoms with Crippen LogP contribution in [0.2, 0.25) is 0 Å². The third-order valence-electron chi connectivity index (χ3n) is 5.54. The number of carbonyl (C=O) groups excluding carboxylic acids is 3. The monoisotopic (exact) mass is 473 g/mol. The highest BCUT2D eigenvalue weighted by Crippen LogP contribution is 2.24. The Balaban J connectivity index is 1.87. The Morgan fingerprint density at radius 2 is 1.81 bits per heavy atom. The first kappa shape index (κ1) is 26.2. The van der Waals surface area contributed by atoms with Crippen LogP contribution in [0.4, 0.5) is 13.2 Å². The fourth-order valence-corrected chi connectivity index (χ4v) is 4.84. The van der Waals surface area contributed by atoms with Crippen LogP contribution in [0, 0.1) is 0 Å². The quantitative estimate of drug-likeness (QED) is 0.500. The van der Waals surface area contributed by atoms with Crippen LogP contribution < -0.4 is 5.73 Å². The summed E-state index contributed by atoms with van der Waals surface area (Å²) in [6.45, 7) is 3.79. The summed E-state index contributed by atoms with van der Waals surface area (Å²) in [5, 5.41) is 0. The van der Waals surface area contributed by atoms with Gasteiger partial charge in [0.2, 0.25) is 17.6 Å². The molecule has 0 aromatic heterocycles. The largest absolute Gasteiger partial charge is 0.450 e. The first-order valence-corrected chi connectivity index (χ1v) is 11.8. The molecule has 32 heavy (non-hydrogen) atoms. The maximum atomic E-state index is 12.4. The number of benzene rings is 1. The van der Waals surface area contributed by atoms with Crippen LogP contribution in [0.15, 0.2) is 30.3 Å². The molecule has 1 fully saturated rings. The molecule has 1 aromatic carbocycles. The van der Waals surface area contributed by atoms with E-state index in [-0.39, 0.29) is 24.1 Å². The van der Waals surface area contributed by atoms with Gasteiger partial charge in [-0.15, -0.1) is 0 Å². The number of ketones is 1. The molecule has 0 radical (unpaired) electrons. The Kier molecular flexibility index (Phi) is 10.0. The van der Waals surface area contributed by atoms with Gasteiger partial charge < -0.3 is 10.6 Å². The molecule has 1 saturated heterocycles. The molecule has 1 aliphatic rings. The molecule has 2 rings (SSSR count). The number of nitrogens with two attached hydrogens (primary N) is 1. The number of halogens is 3. The van der Waals surface area contributed by atoms with Crippen molar-refractivity contribution in [1.29, 1.82) is 0 Å². The number of thioether (sulfide) groups is 1. The third-order valence-corrected chi connectivity index (χ3v) is 6.59. The van der Waals surface area contributed by atoms with Crippen LogP contribution >= 0.6 is 11.8 Å². The average Bonchev–Trinajstić information content (AvgIpc) is 2.73. The van der Waals surface area contributed by atoms with Crippen molar-refractivity contribution >= 4 is 29.4 Å². The van der Waals surface area contributed by atoms with Gasteiger partial charge in [0, 0.05) is 32.6 Å². The lowest BCUT2D eigenvalue weighted by Gasteiger charge is -2.41. The lowest BCUT2D eigenvalue weighted by Crippen LogP contribution is -2.55. The third kappa shape index (κ3) is 8.12. The zero-order valence-corrected chi connectivity index (χ0v) is 19.0. The Hall–Kier alpha value is -2.07. The fraction of sp³-hybridized carbons (Fsp3) is 0.591. The second kappa shape index (κ2) is 12.2. The Bertz CT molecular complexity index is 769. The van der Waals surface area contributed by atoms with E-state index in [4.69, 9.17) is 5.73 Å². The molecule has 0 bridgehead atoms. The van der Waals surface area contributed by atoms with Crippen molar-refractivity contribution in [2.75, 3.05) is 24.6 Å². The van der Waals surface area contributed by atoms with Gasteiger partial charge in [0.25, 0.3) is 0 Å². The Morgan fingerprint density at radius 3 is 2.34 bits per heavy atom.